The van der Waals surface area contributed by atoms with Crippen molar-refractivity contribution in [2.75, 3.05) is 31.1 Å². The highest BCUT2D eigenvalue weighted by atomic mass is 19.3. The molecule has 1 fully saturated rings. The number of alkyl halides is 2. The average Bonchev–Trinajstić information content (AvgIpc) is 3.15. The normalized spacial score (nSPS) is 15.0. The Hall–Kier alpha value is -3.03. The Morgan fingerprint density at radius 2 is 2.04 bits per heavy atom. The number of amides is 1. The molecule has 3 rings (SSSR count). The number of imidazole rings is 1. The number of halogens is 2. The van der Waals surface area contributed by atoms with Gasteiger partial charge in [-0.25, -0.2) is 13.8 Å². The largest absolute Gasteiger partial charge is 0.368 e. The summed E-state index contributed by atoms with van der Waals surface area (Å²) in [5.41, 5.74) is 2.00. The number of hydrogen-bond donors (Lipinski definition) is 2. The molecule has 8 heteroatoms. The van der Waals surface area contributed by atoms with E-state index < -0.39 is 12.1 Å². The molecule has 2 N–H and O–H groups in total. The van der Waals surface area contributed by atoms with Gasteiger partial charge in [0.05, 0.1) is 17.6 Å². The van der Waals surface area contributed by atoms with E-state index in [2.05, 4.69) is 14.9 Å². The van der Waals surface area contributed by atoms with Gasteiger partial charge in [0, 0.05) is 44.4 Å². The van der Waals surface area contributed by atoms with E-state index >= 15 is 0 Å². The van der Waals surface area contributed by atoms with E-state index in [1.165, 1.54) is 6.08 Å². The first-order valence-corrected chi connectivity index (χ1v) is 8.64. The summed E-state index contributed by atoms with van der Waals surface area (Å²) in [4.78, 5) is 22.7. The van der Waals surface area contributed by atoms with Gasteiger partial charge in [-0.3, -0.25) is 10.2 Å². The quantitative estimate of drug-likeness (QED) is 0.791. The Bertz CT molecular complexity index is 853. The molecule has 142 valence electrons. The van der Waals surface area contributed by atoms with Gasteiger partial charge in [-0.05, 0) is 24.3 Å². The second-order valence-electron chi connectivity index (χ2n) is 6.31. The number of anilines is 1. The maximum Gasteiger partial charge on any atom is 0.279 e. The van der Waals surface area contributed by atoms with Crippen LogP contribution in [-0.4, -0.2) is 59.1 Å². The first-order chi connectivity index (χ1) is 12.9. The average molecular weight is 373 g/mol. The fourth-order valence-electron chi connectivity index (χ4n) is 2.96. The lowest BCUT2D eigenvalue weighted by atomic mass is 10.1. The number of aromatic nitrogens is 2. The summed E-state index contributed by atoms with van der Waals surface area (Å²) < 4.78 is 24.7. The van der Waals surface area contributed by atoms with Crippen LogP contribution in [0.3, 0.4) is 0 Å². The zero-order chi connectivity index (χ0) is 19.4. The van der Waals surface area contributed by atoms with Gasteiger partial charge in [0.15, 0.2) is 0 Å². The molecule has 0 atom stereocenters. The summed E-state index contributed by atoms with van der Waals surface area (Å²) in [7, 11) is 0. The smallest absolute Gasteiger partial charge is 0.279 e. The monoisotopic (exact) mass is 373 g/mol. The number of nitrogens with zero attached hydrogens (tertiary/aromatic N) is 3. The summed E-state index contributed by atoms with van der Waals surface area (Å²) in [6.07, 6.45) is 1.25. The Morgan fingerprint density at radius 1 is 1.30 bits per heavy atom. The minimum absolute atomic E-state index is 0.0985. The predicted octanol–water partition coefficient (Wildman–Crippen LogP) is 3.04. The standard InChI is InChI=1S/C19H21F2N5O/c1-13(27)25-7-9-26(10-8-25)15-4-2-3-14(11-15)17-12-23-18(24-17)6-5-16(22)19(20)21/h2-6,11-12,19,22H,7-10H2,1H3,(H,23,24)/b6-5-,22-16?. The number of piperazine rings is 1. The SMILES string of the molecule is CC(=O)N1CCN(c2cccc(-c3cnc(/C=C\C(=N)C(F)F)[nH]3)c2)CC1. The Labute approximate surface area is 156 Å². The van der Waals surface area contributed by atoms with Crippen LogP contribution in [-0.2, 0) is 4.79 Å². The maximum absolute atomic E-state index is 12.4. The minimum Gasteiger partial charge on any atom is -0.368 e. The van der Waals surface area contributed by atoms with Crippen molar-refractivity contribution in [1.29, 1.82) is 5.41 Å². The highest BCUT2D eigenvalue weighted by molar-refractivity contribution is 5.97. The van der Waals surface area contributed by atoms with Crippen LogP contribution in [0.4, 0.5) is 14.5 Å². The topological polar surface area (TPSA) is 76.1 Å². The number of carbonyl (C=O) groups is 1. The molecule has 0 saturated carbocycles. The van der Waals surface area contributed by atoms with Gasteiger partial charge in [0.25, 0.3) is 6.43 Å². The van der Waals surface area contributed by atoms with Crippen molar-refractivity contribution >= 4 is 23.4 Å². The van der Waals surface area contributed by atoms with E-state index in [1.807, 2.05) is 29.2 Å². The lowest BCUT2D eigenvalue weighted by molar-refractivity contribution is -0.129. The molecule has 1 aliphatic rings. The van der Waals surface area contributed by atoms with Crippen LogP contribution in [0.25, 0.3) is 17.3 Å². The van der Waals surface area contributed by atoms with Crippen LogP contribution in [0.15, 0.2) is 36.5 Å². The second kappa shape index (κ2) is 8.11. The first kappa shape index (κ1) is 18.8. The van der Waals surface area contributed by atoms with Crippen LogP contribution in [0.5, 0.6) is 0 Å². The lowest BCUT2D eigenvalue weighted by Crippen LogP contribution is -2.48. The second-order valence-corrected chi connectivity index (χ2v) is 6.31. The molecule has 1 aromatic heterocycles. The molecule has 6 nitrogen and oxygen atoms in total. The van der Waals surface area contributed by atoms with Crippen LogP contribution >= 0.6 is 0 Å². The number of carbonyl (C=O) groups excluding carboxylic acids is 1. The molecule has 1 saturated heterocycles. The van der Waals surface area contributed by atoms with Crippen LogP contribution in [0.1, 0.15) is 12.7 Å². The third-order valence-corrected chi connectivity index (χ3v) is 4.50. The molecular weight excluding hydrogens is 352 g/mol. The highest BCUT2D eigenvalue weighted by Gasteiger charge is 2.19. The van der Waals surface area contributed by atoms with Crippen molar-refractivity contribution in [2.45, 2.75) is 13.3 Å². The van der Waals surface area contributed by atoms with Gasteiger partial charge >= 0.3 is 0 Å². The van der Waals surface area contributed by atoms with Crippen molar-refractivity contribution in [2.24, 2.45) is 0 Å². The number of aromatic amines is 1. The summed E-state index contributed by atoms with van der Waals surface area (Å²) in [5.74, 6) is 0.511. The van der Waals surface area contributed by atoms with Gasteiger partial charge in [-0.1, -0.05) is 12.1 Å². The summed E-state index contributed by atoms with van der Waals surface area (Å²) in [6.45, 7) is 4.54. The fraction of sp³-hybridized carbons (Fsp3) is 0.316. The van der Waals surface area contributed by atoms with Gasteiger partial charge in [-0.15, -0.1) is 0 Å². The van der Waals surface area contributed by atoms with Crippen LogP contribution < -0.4 is 4.90 Å². The summed E-state index contributed by atoms with van der Waals surface area (Å²) >= 11 is 0. The summed E-state index contributed by atoms with van der Waals surface area (Å²) in [6, 6.07) is 7.95. The first-order valence-electron chi connectivity index (χ1n) is 8.64. The van der Waals surface area contributed by atoms with E-state index in [0.29, 0.717) is 18.9 Å². The Kier molecular flexibility index (Phi) is 5.63. The van der Waals surface area contributed by atoms with Crippen molar-refractivity contribution in [3.63, 3.8) is 0 Å². The van der Waals surface area contributed by atoms with E-state index in [-0.39, 0.29) is 5.91 Å². The maximum atomic E-state index is 12.4. The molecule has 0 bridgehead atoms. The van der Waals surface area contributed by atoms with Gasteiger partial charge in [-0.2, -0.15) is 0 Å². The third kappa shape index (κ3) is 4.58. The molecule has 27 heavy (non-hydrogen) atoms. The van der Waals surface area contributed by atoms with Crippen molar-refractivity contribution in [1.82, 2.24) is 14.9 Å². The number of nitrogens with one attached hydrogen (secondary N) is 2. The molecule has 0 spiro atoms. The van der Waals surface area contributed by atoms with E-state index in [0.717, 1.165) is 36.1 Å². The third-order valence-electron chi connectivity index (χ3n) is 4.50. The molecule has 1 amide bonds. The number of rotatable bonds is 5. The molecule has 2 aromatic rings. The molecule has 0 aliphatic carbocycles. The fourth-order valence-corrected chi connectivity index (χ4v) is 2.96. The van der Waals surface area contributed by atoms with E-state index in [9.17, 15) is 13.6 Å². The molecular formula is C19H21F2N5O. The summed E-state index contributed by atoms with van der Waals surface area (Å²) in [5, 5.41) is 7.14. The van der Waals surface area contributed by atoms with Crippen LogP contribution in [0.2, 0.25) is 0 Å². The zero-order valence-electron chi connectivity index (χ0n) is 15.0. The van der Waals surface area contributed by atoms with Crippen molar-refractivity contribution < 1.29 is 13.6 Å². The molecule has 2 heterocycles. The Morgan fingerprint density at radius 3 is 2.70 bits per heavy atom. The number of benzene rings is 1. The molecule has 1 aromatic carbocycles. The molecule has 0 unspecified atom stereocenters. The Balaban J connectivity index is 1.71. The van der Waals surface area contributed by atoms with Crippen molar-refractivity contribution in [3.05, 3.63) is 42.4 Å². The highest BCUT2D eigenvalue weighted by Crippen LogP contribution is 2.24. The predicted molar refractivity (Wildman–Crippen MR) is 101 cm³/mol. The zero-order valence-corrected chi connectivity index (χ0v) is 15.0. The number of allylic oxidation sites excluding steroid dienone is 1. The van der Waals surface area contributed by atoms with Gasteiger partial charge < -0.3 is 14.8 Å². The van der Waals surface area contributed by atoms with Crippen molar-refractivity contribution in [3.8, 4) is 11.3 Å². The molecule has 1 aliphatic heterocycles. The number of hydrogen-bond acceptors (Lipinski definition) is 4. The lowest BCUT2D eigenvalue weighted by Gasteiger charge is -2.35. The van der Waals surface area contributed by atoms with Gasteiger partial charge in [0.1, 0.15) is 5.82 Å². The van der Waals surface area contributed by atoms with Crippen LogP contribution in [0, 0.1) is 5.41 Å². The minimum atomic E-state index is -2.80. The number of H-pyrrole nitrogens is 1. The molecule has 0 radical (unpaired) electrons. The van der Waals surface area contributed by atoms with E-state index in [1.54, 1.807) is 13.1 Å². The van der Waals surface area contributed by atoms with E-state index in [4.69, 9.17) is 5.41 Å². The van der Waals surface area contributed by atoms with Gasteiger partial charge in [0.2, 0.25) is 5.91 Å².